The predicted molar refractivity (Wildman–Crippen MR) is 81.1 cm³/mol. The van der Waals surface area contributed by atoms with Gasteiger partial charge in [-0.15, -0.1) is 0 Å². The second-order valence-corrected chi connectivity index (χ2v) is 5.15. The minimum Gasteiger partial charge on any atom is -0.308 e. The first-order chi connectivity index (χ1) is 9.45. The number of carbonyl (C=O) groups is 1. The number of rotatable bonds is 3. The van der Waals surface area contributed by atoms with Crippen molar-refractivity contribution < 1.29 is 4.79 Å². The number of carbonyl (C=O) groups excluding carboxylic acids is 1. The van der Waals surface area contributed by atoms with Gasteiger partial charge in [0.25, 0.3) is 0 Å². The molecule has 5 nitrogen and oxygen atoms in total. The highest BCUT2D eigenvalue weighted by Crippen LogP contribution is 2.17. The van der Waals surface area contributed by atoms with Crippen LogP contribution in [0.5, 0.6) is 0 Å². The average Bonchev–Trinajstić information content (AvgIpc) is 2.68. The lowest BCUT2D eigenvalue weighted by molar-refractivity contribution is 0.262. The lowest BCUT2D eigenvalue weighted by Gasteiger charge is -2.09. The summed E-state index contributed by atoms with van der Waals surface area (Å²) in [5.74, 6) is 1.15. The molecule has 0 unspecified atom stereocenters. The van der Waals surface area contributed by atoms with Crippen molar-refractivity contribution in [3.63, 3.8) is 0 Å². The summed E-state index contributed by atoms with van der Waals surface area (Å²) in [6.07, 6.45) is 0. The van der Waals surface area contributed by atoms with E-state index in [-0.39, 0.29) is 6.03 Å². The summed E-state index contributed by atoms with van der Waals surface area (Å²) in [5, 5.41) is 9.75. The van der Waals surface area contributed by atoms with Gasteiger partial charge in [-0.1, -0.05) is 26.0 Å². The van der Waals surface area contributed by atoms with Gasteiger partial charge in [0.15, 0.2) is 0 Å². The number of urea groups is 1. The highest BCUT2D eigenvalue weighted by Gasteiger charge is 2.07. The Bertz CT molecular complexity index is 599. The van der Waals surface area contributed by atoms with Gasteiger partial charge in [0.1, 0.15) is 5.82 Å². The largest absolute Gasteiger partial charge is 0.324 e. The lowest BCUT2D eigenvalue weighted by Crippen LogP contribution is -2.21. The predicted octanol–water partition coefficient (Wildman–Crippen LogP) is 3.50. The van der Waals surface area contributed by atoms with Crippen LogP contribution in [-0.4, -0.2) is 15.8 Å². The quantitative estimate of drug-likeness (QED) is 0.898. The monoisotopic (exact) mass is 272 g/mol. The van der Waals surface area contributed by atoms with Crippen LogP contribution in [0.1, 0.15) is 31.0 Å². The van der Waals surface area contributed by atoms with Crippen LogP contribution >= 0.6 is 0 Å². The smallest absolute Gasteiger partial charge is 0.308 e. The van der Waals surface area contributed by atoms with Crippen molar-refractivity contribution in [3.8, 4) is 0 Å². The standard InChI is InChI=1S/C15H20N4O/c1-10(2)12-5-7-13(8-6-12)16-15(20)17-14-9-11(3)18-19(14)4/h5-10H,1-4H3,(H2,16,17,20). The second kappa shape index (κ2) is 5.77. The molecule has 0 atom stereocenters. The van der Waals surface area contributed by atoms with Gasteiger partial charge in [0, 0.05) is 18.8 Å². The molecule has 0 saturated carbocycles. The molecule has 1 aromatic heterocycles. The van der Waals surface area contributed by atoms with Crippen molar-refractivity contribution in [2.45, 2.75) is 26.7 Å². The Balaban J connectivity index is 1.99. The number of amides is 2. The molecule has 5 heteroatoms. The number of benzene rings is 1. The van der Waals surface area contributed by atoms with Crippen LogP contribution in [0.3, 0.4) is 0 Å². The van der Waals surface area contributed by atoms with E-state index in [4.69, 9.17) is 0 Å². The molecule has 2 rings (SSSR count). The number of aryl methyl sites for hydroxylation is 2. The number of anilines is 2. The third-order valence-electron chi connectivity index (χ3n) is 3.08. The van der Waals surface area contributed by atoms with E-state index >= 15 is 0 Å². The summed E-state index contributed by atoms with van der Waals surface area (Å²) in [6, 6.07) is 9.40. The normalized spacial score (nSPS) is 10.7. The number of nitrogens with zero attached hydrogens (tertiary/aromatic N) is 2. The highest BCUT2D eigenvalue weighted by atomic mass is 16.2. The lowest BCUT2D eigenvalue weighted by atomic mass is 10.0. The topological polar surface area (TPSA) is 59.0 Å². The fraction of sp³-hybridized carbons (Fsp3) is 0.333. The molecule has 1 aromatic carbocycles. The van der Waals surface area contributed by atoms with E-state index in [1.165, 1.54) is 5.56 Å². The van der Waals surface area contributed by atoms with Crippen LogP contribution in [0.4, 0.5) is 16.3 Å². The van der Waals surface area contributed by atoms with E-state index in [1.807, 2.05) is 37.3 Å². The molecule has 2 aromatic rings. The summed E-state index contributed by atoms with van der Waals surface area (Å²) in [7, 11) is 1.79. The van der Waals surface area contributed by atoms with Crippen molar-refractivity contribution in [2.24, 2.45) is 7.05 Å². The van der Waals surface area contributed by atoms with E-state index in [0.717, 1.165) is 11.4 Å². The van der Waals surface area contributed by atoms with Crippen LogP contribution in [0, 0.1) is 6.92 Å². The van der Waals surface area contributed by atoms with Crippen molar-refractivity contribution in [1.82, 2.24) is 9.78 Å². The SMILES string of the molecule is Cc1cc(NC(=O)Nc2ccc(C(C)C)cc2)n(C)n1. The van der Waals surface area contributed by atoms with Crippen LogP contribution in [0.2, 0.25) is 0 Å². The Morgan fingerprint density at radius 2 is 1.85 bits per heavy atom. The first kappa shape index (κ1) is 14.1. The summed E-state index contributed by atoms with van der Waals surface area (Å²) < 4.78 is 1.64. The molecule has 0 aliphatic rings. The third-order valence-corrected chi connectivity index (χ3v) is 3.08. The van der Waals surface area contributed by atoms with Crippen LogP contribution < -0.4 is 10.6 Å². The fourth-order valence-electron chi connectivity index (χ4n) is 1.96. The van der Waals surface area contributed by atoms with E-state index in [9.17, 15) is 4.79 Å². The highest BCUT2D eigenvalue weighted by molar-refractivity contribution is 5.99. The second-order valence-electron chi connectivity index (χ2n) is 5.15. The van der Waals surface area contributed by atoms with Gasteiger partial charge in [-0.25, -0.2) is 4.79 Å². The minimum absolute atomic E-state index is 0.273. The van der Waals surface area contributed by atoms with Crippen molar-refractivity contribution in [2.75, 3.05) is 10.6 Å². The fourth-order valence-corrected chi connectivity index (χ4v) is 1.96. The number of nitrogens with one attached hydrogen (secondary N) is 2. The maximum atomic E-state index is 11.9. The summed E-state index contributed by atoms with van der Waals surface area (Å²) >= 11 is 0. The van der Waals surface area contributed by atoms with Crippen molar-refractivity contribution >= 4 is 17.5 Å². The molecule has 0 fully saturated rings. The van der Waals surface area contributed by atoms with E-state index in [0.29, 0.717) is 11.7 Å². The Morgan fingerprint density at radius 3 is 2.35 bits per heavy atom. The molecule has 0 spiro atoms. The molecular formula is C15H20N4O. The maximum Gasteiger partial charge on any atom is 0.324 e. The zero-order chi connectivity index (χ0) is 14.7. The molecule has 2 amide bonds. The molecule has 0 bridgehead atoms. The Labute approximate surface area is 119 Å². The number of aromatic nitrogens is 2. The Kier molecular flexibility index (Phi) is 4.08. The first-order valence-electron chi connectivity index (χ1n) is 6.64. The van der Waals surface area contributed by atoms with Crippen LogP contribution in [0.15, 0.2) is 30.3 Å². The van der Waals surface area contributed by atoms with Gasteiger partial charge in [0.05, 0.1) is 5.69 Å². The average molecular weight is 272 g/mol. The number of hydrogen-bond acceptors (Lipinski definition) is 2. The molecule has 20 heavy (non-hydrogen) atoms. The molecule has 0 saturated heterocycles. The van der Waals surface area contributed by atoms with Gasteiger partial charge in [0.2, 0.25) is 0 Å². The zero-order valence-corrected chi connectivity index (χ0v) is 12.3. The molecule has 106 valence electrons. The van der Waals surface area contributed by atoms with E-state index in [1.54, 1.807) is 11.7 Å². The molecule has 1 heterocycles. The minimum atomic E-state index is -0.273. The van der Waals surface area contributed by atoms with Gasteiger partial charge in [-0.05, 0) is 30.5 Å². The maximum absolute atomic E-state index is 11.9. The molecular weight excluding hydrogens is 252 g/mol. The molecule has 2 N–H and O–H groups in total. The van der Waals surface area contributed by atoms with E-state index in [2.05, 4.69) is 29.6 Å². The van der Waals surface area contributed by atoms with Crippen LogP contribution in [0.25, 0.3) is 0 Å². The Hall–Kier alpha value is -2.30. The Morgan fingerprint density at radius 1 is 1.20 bits per heavy atom. The van der Waals surface area contributed by atoms with Crippen molar-refractivity contribution in [3.05, 3.63) is 41.6 Å². The van der Waals surface area contributed by atoms with E-state index < -0.39 is 0 Å². The molecule has 0 aliphatic carbocycles. The third kappa shape index (κ3) is 3.38. The van der Waals surface area contributed by atoms with Crippen molar-refractivity contribution in [1.29, 1.82) is 0 Å². The van der Waals surface area contributed by atoms with Gasteiger partial charge >= 0.3 is 6.03 Å². The number of hydrogen-bond donors (Lipinski definition) is 2. The van der Waals surface area contributed by atoms with Crippen LogP contribution in [-0.2, 0) is 7.05 Å². The van der Waals surface area contributed by atoms with Gasteiger partial charge in [-0.2, -0.15) is 5.10 Å². The summed E-state index contributed by atoms with van der Waals surface area (Å²) in [4.78, 5) is 11.9. The zero-order valence-electron chi connectivity index (χ0n) is 12.3. The van der Waals surface area contributed by atoms with Gasteiger partial charge in [-0.3, -0.25) is 10.00 Å². The molecule has 0 radical (unpaired) electrons. The molecule has 0 aliphatic heterocycles. The first-order valence-corrected chi connectivity index (χ1v) is 6.64. The van der Waals surface area contributed by atoms with Gasteiger partial charge < -0.3 is 5.32 Å². The summed E-state index contributed by atoms with van der Waals surface area (Å²) in [5.41, 5.74) is 2.88. The summed E-state index contributed by atoms with van der Waals surface area (Å²) in [6.45, 7) is 6.16.